The second-order valence-electron chi connectivity index (χ2n) is 13.4. The van der Waals surface area contributed by atoms with Crippen molar-refractivity contribution in [1.29, 1.82) is 5.26 Å². The summed E-state index contributed by atoms with van der Waals surface area (Å²) in [6.07, 6.45) is 3.68. The van der Waals surface area contributed by atoms with Crippen LogP contribution in [0.4, 0.5) is 5.82 Å². The SMILES string of the molecule is N#Cc1ccc(OC2CCC(NC(=O)c3ccc(N4CCN(Cc5cc(Br)c6c(c5)CN(C5CCC(=O)NC5=O)C6=O)CC4)nn3)CC2)cc1Cl. The number of carbonyl (C=O) groups excluding carboxylic acids is 4. The molecule has 1 saturated carbocycles. The van der Waals surface area contributed by atoms with E-state index >= 15 is 0 Å². The number of nitriles is 1. The Hall–Kier alpha value is -4.58. The zero-order valence-corrected chi connectivity index (χ0v) is 30.1. The van der Waals surface area contributed by atoms with E-state index in [0.717, 1.165) is 68.8 Å². The maximum atomic E-state index is 13.2. The smallest absolute Gasteiger partial charge is 0.272 e. The number of hydrogen-bond acceptors (Lipinski definition) is 10. The molecule has 264 valence electrons. The van der Waals surface area contributed by atoms with Crippen LogP contribution >= 0.6 is 27.5 Å². The normalized spacial score (nSPS) is 22.3. The Morgan fingerprint density at radius 1 is 1.02 bits per heavy atom. The number of rotatable bonds is 8. The Labute approximate surface area is 308 Å². The van der Waals surface area contributed by atoms with Gasteiger partial charge in [-0.05, 0) is 89.5 Å². The van der Waals surface area contributed by atoms with Gasteiger partial charge in [0.25, 0.3) is 11.8 Å². The molecule has 3 aliphatic heterocycles. The number of fused-ring (bicyclic) bond motifs is 1. The van der Waals surface area contributed by atoms with E-state index in [-0.39, 0.29) is 42.0 Å². The summed E-state index contributed by atoms with van der Waals surface area (Å²) in [4.78, 5) is 56.3. The lowest BCUT2D eigenvalue weighted by Crippen LogP contribution is -2.52. The second kappa shape index (κ2) is 15.0. The highest BCUT2D eigenvalue weighted by atomic mass is 79.9. The van der Waals surface area contributed by atoms with Crippen LogP contribution in [0.2, 0.25) is 5.02 Å². The average Bonchev–Trinajstić information content (AvgIpc) is 3.45. The fourth-order valence-corrected chi connectivity index (χ4v) is 8.19. The van der Waals surface area contributed by atoms with Crippen LogP contribution in [0.15, 0.2) is 46.9 Å². The first-order valence-corrected chi connectivity index (χ1v) is 18.3. The number of piperazine rings is 1. The topological polar surface area (TPSA) is 161 Å². The van der Waals surface area contributed by atoms with Crippen molar-refractivity contribution in [3.05, 3.63) is 79.9 Å². The Balaban J connectivity index is 0.867. The van der Waals surface area contributed by atoms with Crippen molar-refractivity contribution in [2.45, 2.75) is 69.8 Å². The Bertz CT molecular complexity index is 1900. The van der Waals surface area contributed by atoms with Gasteiger partial charge in [-0.3, -0.25) is 29.4 Å². The summed E-state index contributed by atoms with van der Waals surface area (Å²) >= 11 is 9.72. The van der Waals surface area contributed by atoms with E-state index in [2.05, 4.69) is 46.6 Å². The molecule has 2 N–H and O–H groups in total. The molecule has 2 saturated heterocycles. The molecule has 15 heteroatoms. The Kier molecular flexibility index (Phi) is 10.2. The van der Waals surface area contributed by atoms with Gasteiger partial charge in [-0.1, -0.05) is 17.7 Å². The minimum atomic E-state index is -0.646. The summed E-state index contributed by atoms with van der Waals surface area (Å²) in [6, 6.07) is 14.1. The molecule has 4 heterocycles. The average molecular weight is 776 g/mol. The Morgan fingerprint density at radius 2 is 1.80 bits per heavy atom. The molecule has 13 nitrogen and oxygen atoms in total. The van der Waals surface area contributed by atoms with Crippen LogP contribution in [0.3, 0.4) is 0 Å². The van der Waals surface area contributed by atoms with E-state index in [0.29, 0.717) is 45.9 Å². The quantitative estimate of drug-likeness (QED) is 0.321. The van der Waals surface area contributed by atoms with Gasteiger partial charge in [-0.25, -0.2) is 0 Å². The number of amides is 4. The van der Waals surface area contributed by atoms with E-state index in [1.54, 1.807) is 29.2 Å². The van der Waals surface area contributed by atoms with Crippen LogP contribution in [0.5, 0.6) is 5.75 Å². The van der Waals surface area contributed by atoms with Crippen LogP contribution in [0.1, 0.15) is 76.1 Å². The van der Waals surface area contributed by atoms with Crippen molar-refractivity contribution >= 4 is 57.0 Å². The van der Waals surface area contributed by atoms with E-state index in [9.17, 15) is 19.2 Å². The van der Waals surface area contributed by atoms with Gasteiger partial charge in [0.1, 0.15) is 17.9 Å². The maximum Gasteiger partial charge on any atom is 0.272 e. The molecule has 0 bridgehead atoms. The highest BCUT2D eigenvalue weighted by Gasteiger charge is 2.40. The van der Waals surface area contributed by atoms with Crippen molar-refractivity contribution in [2.24, 2.45) is 0 Å². The summed E-state index contributed by atoms with van der Waals surface area (Å²) < 4.78 is 6.77. The summed E-state index contributed by atoms with van der Waals surface area (Å²) in [5, 5.41) is 23.5. The number of benzene rings is 2. The summed E-state index contributed by atoms with van der Waals surface area (Å²) in [5.41, 5.74) is 3.21. The van der Waals surface area contributed by atoms with Crippen LogP contribution < -0.4 is 20.3 Å². The molecule has 51 heavy (non-hydrogen) atoms. The molecule has 1 aliphatic carbocycles. The van der Waals surface area contributed by atoms with Crippen LogP contribution in [-0.4, -0.2) is 88.0 Å². The summed E-state index contributed by atoms with van der Waals surface area (Å²) in [6.45, 7) is 4.12. The van der Waals surface area contributed by atoms with Crippen molar-refractivity contribution in [3.63, 3.8) is 0 Å². The molecular weight excluding hydrogens is 740 g/mol. The summed E-state index contributed by atoms with van der Waals surface area (Å²) in [5.74, 6) is 0.192. The number of nitrogens with one attached hydrogen (secondary N) is 2. The molecular formula is C36H36BrClN8O5. The first-order chi connectivity index (χ1) is 24.6. The van der Waals surface area contributed by atoms with Gasteiger partial charge in [-0.2, -0.15) is 5.26 Å². The minimum Gasteiger partial charge on any atom is -0.490 e. The fourth-order valence-electron chi connectivity index (χ4n) is 7.26. The van der Waals surface area contributed by atoms with Gasteiger partial charge < -0.3 is 19.9 Å². The molecule has 0 spiro atoms. The molecule has 0 radical (unpaired) electrons. The standard InChI is InChI=1S/C36H36BrClN8O5/c37-27-16-21(15-23-20-46(36(50)33(23)27)30-8-10-32(47)41-35(30)49)19-44-11-13-45(14-12-44)31-9-7-29(42-43-31)34(48)40-24-2-5-25(6-3-24)51-26-4-1-22(18-39)28(38)17-26/h1,4,7,9,15-17,24-25,30H,2-3,5-6,8,10-14,19-20H2,(H,40,48)(H,41,47,49). The second-order valence-corrected chi connectivity index (χ2v) is 14.6. The predicted molar refractivity (Wildman–Crippen MR) is 190 cm³/mol. The highest BCUT2D eigenvalue weighted by Crippen LogP contribution is 2.34. The first-order valence-electron chi connectivity index (χ1n) is 17.1. The number of piperidine rings is 1. The molecule has 3 fully saturated rings. The van der Waals surface area contributed by atoms with Gasteiger partial charge in [0.15, 0.2) is 11.5 Å². The lowest BCUT2D eigenvalue weighted by Gasteiger charge is -2.35. The van der Waals surface area contributed by atoms with E-state index in [1.165, 1.54) is 0 Å². The molecule has 1 atom stereocenters. The van der Waals surface area contributed by atoms with Gasteiger partial charge >= 0.3 is 0 Å². The number of imide groups is 1. The first kappa shape index (κ1) is 34.9. The predicted octanol–water partition coefficient (Wildman–Crippen LogP) is 3.97. The molecule has 2 aromatic carbocycles. The number of halogens is 2. The molecule has 1 aromatic heterocycles. The largest absolute Gasteiger partial charge is 0.490 e. The van der Waals surface area contributed by atoms with Crippen molar-refractivity contribution in [2.75, 3.05) is 31.1 Å². The van der Waals surface area contributed by atoms with Gasteiger partial charge in [-0.15, -0.1) is 10.2 Å². The number of carbonyl (C=O) groups is 4. The van der Waals surface area contributed by atoms with E-state index in [4.69, 9.17) is 21.6 Å². The zero-order valence-electron chi connectivity index (χ0n) is 27.7. The summed E-state index contributed by atoms with van der Waals surface area (Å²) in [7, 11) is 0. The number of aromatic nitrogens is 2. The highest BCUT2D eigenvalue weighted by molar-refractivity contribution is 9.10. The lowest BCUT2D eigenvalue weighted by atomic mass is 9.93. The number of nitrogens with zero attached hydrogens (tertiary/aromatic N) is 6. The number of ether oxygens (including phenoxy) is 1. The molecule has 3 aromatic rings. The van der Waals surface area contributed by atoms with Crippen molar-refractivity contribution in [3.8, 4) is 11.8 Å². The van der Waals surface area contributed by atoms with Crippen LogP contribution in [0, 0.1) is 11.3 Å². The van der Waals surface area contributed by atoms with Crippen molar-refractivity contribution < 1.29 is 23.9 Å². The van der Waals surface area contributed by atoms with E-state index < -0.39 is 11.9 Å². The molecule has 4 amide bonds. The van der Waals surface area contributed by atoms with Gasteiger partial charge in [0, 0.05) is 62.3 Å². The van der Waals surface area contributed by atoms with Crippen LogP contribution in [-0.2, 0) is 22.7 Å². The van der Waals surface area contributed by atoms with Crippen LogP contribution in [0.25, 0.3) is 0 Å². The van der Waals surface area contributed by atoms with Gasteiger partial charge in [0.05, 0.1) is 22.3 Å². The van der Waals surface area contributed by atoms with Crippen molar-refractivity contribution in [1.82, 2.24) is 30.6 Å². The maximum absolute atomic E-state index is 13.2. The molecule has 7 rings (SSSR count). The third-order valence-corrected chi connectivity index (χ3v) is 10.9. The fraction of sp³-hybridized carbons (Fsp3) is 0.417. The molecule has 4 aliphatic rings. The number of anilines is 1. The van der Waals surface area contributed by atoms with E-state index in [1.807, 2.05) is 24.3 Å². The number of hydrogen-bond donors (Lipinski definition) is 2. The Morgan fingerprint density at radius 3 is 2.49 bits per heavy atom. The third kappa shape index (κ3) is 7.71. The third-order valence-electron chi connectivity index (χ3n) is 9.99. The monoisotopic (exact) mass is 774 g/mol. The molecule has 1 unspecified atom stereocenters. The zero-order chi connectivity index (χ0) is 35.6. The van der Waals surface area contributed by atoms with Gasteiger partial charge in [0.2, 0.25) is 11.8 Å². The lowest BCUT2D eigenvalue weighted by molar-refractivity contribution is -0.136. The minimum absolute atomic E-state index is 0.0143.